The zero-order valence-electron chi connectivity index (χ0n) is 10.1. The third-order valence-electron chi connectivity index (χ3n) is 2.75. The first kappa shape index (κ1) is 11.8. The van der Waals surface area contributed by atoms with Crippen molar-refractivity contribution in [3.05, 3.63) is 10.6 Å². The van der Waals surface area contributed by atoms with E-state index in [1.807, 2.05) is 13.8 Å². The highest BCUT2D eigenvalue weighted by atomic mass is 32.1. The fourth-order valence-corrected chi connectivity index (χ4v) is 3.00. The highest BCUT2D eigenvalue weighted by Crippen LogP contribution is 2.30. The van der Waals surface area contributed by atoms with Crippen molar-refractivity contribution in [2.24, 2.45) is 5.73 Å². The molecule has 2 heterocycles. The topological polar surface area (TPSA) is 51.4 Å². The number of hydrogen-bond acceptors (Lipinski definition) is 5. The second-order valence-corrected chi connectivity index (χ2v) is 5.37. The van der Waals surface area contributed by atoms with E-state index in [9.17, 15) is 0 Å². The highest BCUT2D eigenvalue weighted by Gasteiger charge is 2.21. The van der Waals surface area contributed by atoms with Gasteiger partial charge in [-0.1, -0.05) is 0 Å². The van der Waals surface area contributed by atoms with Crippen molar-refractivity contribution >= 4 is 16.5 Å². The Balaban J connectivity index is 2.17. The van der Waals surface area contributed by atoms with Gasteiger partial charge in [0.2, 0.25) is 0 Å². The summed E-state index contributed by atoms with van der Waals surface area (Å²) in [4.78, 5) is 8.08. The van der Waals surface area contributed by atoms with E-state index in [-0.39, 0.29) is 12.1 Å². The molecule has 1 aromatic rings. The van der Waals surface area contributed by atoms with Crippen LogP contribution in [0.4, 0.5) is 5.13 Å². The summed E-state index contributed by atoms with van der Waals surface area (Å²) in [5.74, 6) is 0. The largest absolute Gasteiger partial charge is 0.375 e. The van der Waals surface area contributed by atoms with E-state index in [1.165, 1.54) is 4.88 Å². The van der Waals surface area contributed by atoms with Crippen LogP contribution in [-0.4, -0.2) is 30.8 Å². The van der Waals surface area contributed by atoms with Gasteiger partial charge in [-0.15, -0.1) is 11.3 Å². The van der Waals surface area contributed by atoms with Crippen molar-refractivity contribution in [1.82, 2.24) is 4.98 Å². The van der Waals surface area contributed by atoms with Gasteiger partial charge in [-0.25, -0.2) is 4.98 Å². The molecule has 0 aliphatic carbocycles. The van der Waals surface area contributed by atoms with Crippen LogP contribution in [0, 0.1) is 6.92 Å². The Morgan fingerprint density at radius 3 is 2.94 bits per heavy atom. The van der Waals surface area contributed by atoms with Gasteiger partial charge < -0.3 is 15.4 Å². The lowest BCUT2D eigenvalue weighted by Crippen LogP contribution is -2.41. The molecule has 0 spiro atoms. The first-order valence-corrected chi connectivity index (χ1v) is 6.49. The van der Waals surface area contributed by atoms with Crippen LogP contribution in [-0.2, 0) is 4.74 Å². The lowest BCUT2D eigenvalue weighted by molar-refractivity contribution is 0.0532. The molecule has 1 aliphatic heterocycles. The summed E-state index contributed by atoms with van der Waals surface area (Å²) in [6.45, 7) is 8.77. The van der Waals surface area contributed by atoms with Crippen LogP contribution in [0.2, 0.25) is 0 Å². The monoisotopic (exact) mass is 241 g/mol. The molecule has 1 saturated heterocycles. The quantitative estimate of drug-likeness (QED) is 0.856. The highest BCUT2D eigenvalue weighted by molar-refractivity contribution is 7.15. The molecule has 4 nitrogen and oxygen atoms in total. The molecule has 2 rings (SSSR count). The molecule has 2 unspecified atom stereocenters. The van der Waals surface area contributed by atoms with Crippen LogP contribution in [0.25, 0.3) is 0 Å². The number of nitrogens with two attached hydrogens (primary N) is 1. The van der Waals surface area contributed by atoms with E-state index in [0.29, 0.717) is 0 Å². The average Bonchev–Trinajstić information content (AvgIpc) is 2.60. The first-order valence-electron chi connectivity index (χ1n) is 5.67. The Bertz CT molecular complexity index is 364. The molecule has 0 amide bonds. The molecule has 0 bridgehead atoms. The van der Waals surface area contributed by atoms with E-state index < -0.39 is 0 Å². The summed E-state index contributed by atoms with van der Waals surface area (Å²) in [5.41, 5.74) is 6.98. The SMILES string of the molecule is Cc1nc(N2CCOC(C)C2)sc1C(C)N. The maximum absolute atomic E-state index is 5.91. The van der Waals surface area contributed by atoms with Crippen molar-refractivity contribution in [2.45, 2.75) is 32.9 Å². The number of aryl methyl sites for hydroxylation is 1. The maximum atomic E-state index is 5.91. The van der Waals surface area contributed by atoms with Gasteiger partial charge in [-0.3, -0.25) is 0 Å². The van der Waals surface area contributed by atoms with Crippen molar-refractivity contribution in [1.29, 1.82) is 0 Å². The standard InChI is InChI=1S/C11H19N3OS/c1-7-6-14(4-5-15-7)11-13-9(3)10(16-11)8(2)12/h7-8H,4-6,12H2,1-3H3. The summed E-state index contributed by atoms with van der Waals surface area (Å²) >= 11 is 1.71. The molecular formula is C11H19N3OS. The fraction of sp³-hybridized carbons (Fsp3) is 0.727. The van der Waals surface area contributed by atoms with Gasteiger partial charge in [0.1, 0.15) is 0 Å². The van der Waals surface area contributed by atoms with E-state index in [2.05, 4.69) is 16.8 Å². The van der Waals surface area contributed by atoms with Gasteiger partial charge in [-0.05, 0) is 20.8 Å². The van der Waals surface area contributed by atoms with Gasteiger partial charge in [0.25, 0.3) is 0 Å². The van der Waals surface area contributed by atoms with Crippen molar-refractivity contribution in [2.75, 3.05) is 24.6 Å². The number of hydrogen-bond donors (Lipinski definition) is 1. The minimum absolute atomic E-state index is 0.0738. The number of morpholine rings is 1. The molecule has 2 N–H and O–H groups in total. The van der Waals surface area contributed by atoms with Crippen LogP contribution in [0.5, 0.6) is 0 Å². The van der Waals surface area contributed by atoms with Crippen LogP contribution in [0.15, 0.2) is 0 Å². The van der Waals surface area contributed by atoms with Crippen LogP contribution in [0.3, 0.4) is 0 Å². The van der Waals surface area contributed by atoms with Gasteiger partial charge in [0.05, 0.1) is 18.4 Å². The zero-order valence-corrected chi connectivity index (χ0v) is 10.9. The van der Waals surface area contributed by atoms with Crippen molar-refractivity contribution < 1.29 is 4.74 Å². The lowest BCUT2D eigenvalue weighted by atomic mass is 10.2. The van der Waals surface area contributed by atoms with Gasteiger partial charge in [-0.2, -0.15) is 0 Å². The minimum atomic E-state index is 0.0738. The molecule has 90 valence electrons. The molecular weight excluding hydrogens is 222 g/mol. The van der Waals surface area contributed by atoms with Crippen molar-refractivity contribution in [3.63, 3.8) is 0 Å². The minimum Gasteiger partial charge on any atom is -0.375 e. The first-order chi connectivity index (χ1) is 7.58. The van der Waals surface area contributed by atoms with Crippen LogP contribution < -0.4 is 10.6 Å². The number of anilines is 1. The molecule has 5 heteroatoms. The summed E-state index contributed by atoms with van der Waals surface area (Å²) in [7, 11) is 0. The number of ether oxygens (including phenoxy) is 1. The van der Waals surface area contributed by atoms with E-state index in [1.54, 1.807) is 11.3 Å². The third-order valence-corrected chi connectivity index (χ3v) is 4.17. The summed E-state index contributed by atoms with van der Waals surface area (Å²) in [5, 5.41) is 1.08. The van der Waals surface area contributed by atoms with Gasteiger partial charge in [0.15, 0.2) is 5.13 Å². The Kier molecular flexibility index (Phi) is 3.47. The number of nitrogens with zero attached hydrogens (tertiary/aromatic N) is 2. The molecule has 1 aromatic heterocycles. The second-order valence-electron chi connectivity index (χ2n) is 4.36. The molecule has 2 atom stereocenters. The second kappa shape index (κ2) is 4.69. The average molecular weight is 241 g/mol. The summed E-state index contributed by atoms with van der Waals surface area (Å²) in [6, 6.07) is 0.0738. The number of thiazole rings is 1. The Labute approximate surface area is 100 Å². The molecule has 0 radical (unpaired) electrons. The Hall–Kier alpha value is -0.650. The molecule has 1 aliphatic rings. The normalized spacial score (nSPS) is 23.5. The predicted octanol–water partition coefficient (Wildman–Crippen LogP) is 1.70. The molecule has 16 heavy (non-hydrogen) atoms. The summed E-state index contributed by atoms with van der Waals surface area (Å²) in [6.07, 6.45) is 0.289. The van der Waals surface area contributed by atoms with Gasteiger partial charge >= 0.3 is 0 Å². The molecule has 0 saturated carbocycles. The maximum Gasteiger partial charge on any atom is 0.185 e. The van der Waals surface area contributed by atoms with Gasteiger partial charge in [0, 0.05) is 24.0 Å². The lowest BCUT2D eigenvalue weighted by Gasteiger charge is -2.30. The fourth-order valence-electron chi connectivity index (χ4n) is 1.94. The third kappa shape index (κ3) is 2.36. The molecule has 0 aromatic carbocycles. The van der Waals surface area contributed by atoms with Crippen LogP contribution in [0.1, 0.15) is 30.5 Å². The van der Waals surface area contributed by atoms with Crippen molar-refractivity contribution in [3.8, 4) is 0 Å². The van der Waals surface area contributed by atoms with E-state index in [0.717, 1.165) is 30.5 Å². The molecule has 1 fully saturated rings. The Morgan fingerprint density at radius 1 is 1.62 bits per heavy atom. The van der Waals surface area contributed by atoms with E-state index in [4.69, 9.17) is 10.5 Å². The zero-order chi connectivity index (χ0) is 11.7. The van der Waals surface area contributed by atoms with E-state index >= 15 is 0 Å². The predicted molar refractivity (Wildman–Crippen MR) is 67.1 cm³/mol. The smallest absolute Gasteiger partial charge is 0.185 e. The van der Waals surface area contributed by atoms with Crippen LogP contribution >= 0.6 is 11.3 Å². The number of aromatic nitrogens is 1. The summed E-state index contributed by atoms with van der Waals surface area (Å²) < 4.78 is 5.52. The number of rotatable bonds is 2. The Morgan fingerprint density at radius 2 is 2.38 bits per heavy atom.